The van der Waals surface area contributed by atoms with E-state index in [-0.39, 0.29) is 18.1 Å². The van der Waals surface area contributed by atoms with Gasteiger partial charge in [-0.25, -0.2) is 4.98 Å². The van der Waals surface area contributed by atoms with Crippen LogP contribution in [0.1, 0.15) is 29.8 Å². The average Bonchev–Trinajstić information content (AvgIpc) is 2.86. The fraction of sp³-hybridized carbons (Fsp3) is 0.583. The number of aromatic nitrogens is 2. The minimum Gasteiger partial charge on any atom is -0.381 e. The lowest BCUT2D eigenvalue weighted by molar-refractivity contribution is 0.0910. The molecule has 1 aliphatic carbocycles. The molecule has 2 atom stereocenters. The lowest BCUT2D eigenvalue weighted by Gasteiger charge is -2.12. The standard InChI is InChI=1S/C12H18N4O2/c1-13-11-7-14-6-10(16-11)12(17)15-8-3-4-9(5-8)18-2/h6-9H,3-5H2,1-2H3,(H,13,16)(H,15,17). The number of nitrogens with zero attached hydrogens (tertiary/aromatic N) is 2. The number of hydrogen-bond donors (Lipinski definition) is 2. The van der Waals surface area contributed by atoms with Crippen LogP contribution in [0, 0.1) is 0 Å². The van der Waals surface area contributed by atoms with E-state index in [1.54, 1.807) is 20.4 Å². The lowest BCUT2D eigenvalue weighted by atomic mass is 10.2. The topological polar surface area (TPSA) is 76.1 Å². The van der Waals surface area contributed by atoms with E-state index in [9.17, 15) is 4.79 Å². The Balaban J connectivity index is 1.95. The van der Waals surface area contributed by atoms with Crippen molar-refractivity contribution in [3.8, 4) is 0 Å². The van der Waals surface area contributed by atoms with Crippen molar-refractivity contribution in [2.75, 3.05) is 19.5 Å². The fourth-order valence-electron chi connectivity index (χ4n) is 2.14. The highest BCUT2D eigenvalue weighted by molar-refractivity contribution is 5.92. The summed E-state index contributed by atoms with van der Waals surface area (Å²) < 4.78 is 5.28. The van der Waals surface area contributed by atoms with Gasteiger partial charge in [0.05, 0.1) is 18.5 Å². The van der Waals surface area contributed by atoms with Gasteiger partial charge >= 0.3 is 0 Å². The maximum absolute atomic E-state index is 12.0. The number of anilines is 1. The van der Waals surface area contributed by atoms with Gasteiger partial charge in [-0.2, -0.15) is 0 Å². The van der Waals surface area contributed by atoms with Crippen molar-refractivity contribution in [3.05, 3.63) is 18.1 Å². The minimum atomic E-state index is -0.179. The minimum absolute atomic E-state index is 0.169. The molecule has 1 heterocycles. The van der Waals surface area contributed by atoms with Crippen LogP contribution in [-0.2, 0) is 4.74 Å². The van der Waals surface area contributed by atoms with Crippen molar-refractivity contribution in [1.29, 1.82) is 0 Å². The van der Waals surface area contributed by atoms with Crippen molar-refractivity contribution in [3.63, 3.8) is 0 Å². The first kappa shape index (κ1) is 12.8. The number of rotatable bonds is 4. The normalized spacial score (nSPS) is 22.8. The summed E-state index contributed by atoms with van der Waals surface area (Å²) in [7, 11) is 3.45. The van der Waals surface area contributed by atoms with E-state index in [1.165, 1.54) is 6.20 Å². The monoisotopic (exact) mass is 250 g/mol. The average molecular weight is 250 g/mol. The summed E-state index contributed by atoms with van der Waals surface area (Å²) in [4.78, 5) is 20.1. The molecule has 0 bridgehead atoms. The Bertz CT molecular complexity index is 424. The summed E-state index contributed by atoms with van der Waals surface area (Å²) in [6.07, 6.45) is 6.10. The zero-order valence-corrected chi connectivity index (χ0v) is 10.6. The van der Waals surface area contributed by atoms with Gasteiger partial charge in [0, 0.05) is 20.2 Å². The predicted octanol–water partition coefficient (Wildman–Crippen LogP) is 0.816. The molecule has 2 rings (SSSR count). The summed E-state index contributed by atoms with van der Waals surface area (Å²) >= 11 is 0. The highest BCUT2D eigenvalue weighted by Gasteiger charge is 2.26. The van der Waals surface area contributed by atoms with Crippen LogP contribution in [0.5, 0.6) is 0 Å². The van der Waals surface area contributed by atoms with E-state index in [2.05, 4.69) is 20.6 Å². The number of amides is 1. The summed E-state index contributed by atoms with van der Waals surface area (Å²) in [6, 6.07) is 0.169. The smallest absolute Gasteiger partial charge is 0.271 e. The van der Waals surface area contributed by atoms with E-state index in [0.29, 0.717) is 11.5 Å². The molecule has 98 valence electrons. The molecular weight excluding hydrogens is 232 g/mol. The number of carbonyl (C=O) groups excluding carboxylic acids is 1. The van der Waals surface area contributed by atoms with Crippen LogP contribution >= 0.6 is 0 Å². The third-order valence-corrected chi connectivity index (χ3v) is 3.18. The number of nitrogens with one attached hydrogen (secondary N) is 2. The van der Waals surface area contributed by atoms with Crippen molar-refractivity contribution < 1.29 is 9.53 Å². The molecule has 2 unspecified atom stereocenters. The van der Waals surface area contributed by atoms with Crippen LogP contribution in [0.3, 0.4) is 0 Å². The van der Waals surface area contributed by atoms with Crippen LogP contribution in [-0.4, -0.2) is 42.2 Å². The Hall–Kier alpha value is -1.69. The van der Waals surface area contributed by atoms with Crippen LogP contribution < -0.4 is 10.6 Å². The van der Waals surface area contributed by atoms with E-state index in [0.717, 1.165) is 19.3 Å². The fourth-order valence-corrected chi connectivity index (χ4v) is 2.14. The molecule has 1 fully saturated rings. The molecule has 1 saturated carbocycles. The third-order valence-electron chi connectivity index (χ3n) is 3.18. The quantitative estimate of drug-likeness (QED) is 0.827. The molecular formula is C12H18N4O2. The van der Waals surface area contributed by atoms with E-state index in [1.807, 2.05) is 0 Å². The largest absolute Gasteiger partial charge is 0.381 e. The molecule has 0 aromatic carbocycles. The van der Waals surface area contributed by atoms with Gasteiger partial charge in [0.1, 0.15) is 11.5 Å². The molecule has 1 amide bonds. The first-order valence-electron chi connectivity index (χ1n) is 6.06. The van der Waals surface area contributed by atoms with Gasteiger partial charge in [0.25, 0.3) is 5.91 Å². The van der Waals surface area contributed by atoms with Gasteiger partial charge in [-0.3, -0.25) is 9.78 Å². The summed E-state index contributed by atoms with van der Waals surface area (Å²) in [5.41, 5.74) is 0.336. The molecule has 0 radical (unpaired) electrons. The Labute approximate surface area is 106 Å². The van der Waals surface area contributed by atoms with Gasteiger partial charge in [-0.05, 0) is 19.3 Å². The Morgan fingerprint density at radius 3 is 2.94 bits per heavy atom. The van der Waals surface area contributed by atoms with Gasteiger partial charge < -0.3 is 15.4 Å². The SMILES string of the molecule is CNc1cncc(C(=O)NC2CCC(OC)C2)n1. The van der Waals surface area contributed by atoms with Crippen molar-refractivity contribution >= 4 is 11.7 Å². The molecule has 1 aliphatic rings. The molecule has 1 aromatic rings. The molecule has 2 N–H and O–H groups in total. The second kappa shape index (κ2) is 5.77. The van der Waals surface area contributed by atoms with E-state index in [4.69, 9.17) is 4.74 Å². The predicted molar refractivity (Wildman–Crippen MR) is 67.5 cm³/mol. The zero-order valence-electron chi connectivity index (χ0n) is 10.6. The number of carbonyl (C=O) groups is 1. The summed E-state index contributed by atoms with van der Waals surface area (Å²) in [6.45, 7) is 0. The molecule has 0 saturated heterocycles. The van der Waals surface area contributed by atoms with Crippen molar-refractivity contribution in [2.45, 2.75) is 31.4 Å². The number of methoxy groups -OCH3 is 1. The van der Waals surface area contributed by atoms with Crippen LogP contribution in [0.25, 0.3) is 0 Å². The molecule has 6 heteroatoms. The summed E-state index contributed by atoms with van der Waals surface area (Å²) in [5.74, 6) is 0.408. The van der Waals surface area contributed by atoms with Gasteiger partial charge in [0.15, 0.2) is 0 Å². The molecule has 1 aromatic heterocycles. The lowest BCUT2D eigenvalue weighted by Crippen LogP contribution is -2.34. The van der Waals surface area contributed by atoms with Gasteiger partial charge in [-0.15, -0.1) is 0 Å². The second-order valence-corrected chi connectivity index (χ2v) is 4.38. The van der Waals surface area contributed by atoms with Crippen molar-refractivity contribution in [1.82, 2.24) is 15.3 Å². The second-order valence-electron chi connectivity index (χ2n) is 4.38. The maximum Gasteiger partial charge on any atom is 0.271 e. The van der Waals surface area contributed by atoms with Crippen LogP contribution in [0.15, 0.2) is 12.4 Å². The van der Waals surface area contributed by atoms with Crippen LogP contribution in [0.4, 0.5) is 5.82 Å². The van der Waals surface area contributed by atoms with E-state index >= 15 is 0 Å². The zero-order chi connectivity index (χ0) is 13.0. The molecule has 18 heavy (non-hydrogen) atoms. The first-order chi connectivity index (χ1) is 8.72. The van der Waals surface area contributed by atoms with E-state index < -0.39 is 0 Å². The number of hydrogen-bond acceptors (Lipinski definition) is 5. The van der Waals surface area contributed by atoms with Crippen molar-refractivity contribution in [2.24, 2.45) is 0 Å². The molecule has 6 nitrogen and oxygen atoms in total. The number of ether oxygens (including phenoxy) is 1. The van der Waals surface area contributed by atoms with Crippen LogP contribution in [0.2, 0.25) is 0 Å². The Kier molecular flexibility index (Phi) is 4.09. The highest BCUT2D eigenvalue weighted by Crippen LogP contribution is 2.21. The Morgan fingerprint density at radius 1 is 1.44 bits per heavy atom. The third kappa shape index (κ3) is 2.95. The molecule has 0 spiro atoms. The van der Waals surface area contributed by atoms with Gasteiger partial charge in [-0.1, -0.05) is 0 Å². The van der Waals surface area contributed by atoms with Gasteiger partial charge in [0.2, 0.25) is 0 Å². The maximum atomic E-state index is 12.0. The highest BCUT2D eigenvalue weighted by atomic mass is 16.5. The summed E-state index contributed by atoms with van der Waals surface area (Å²) in [5, 5.41) is 5.82. The first-order valence-corrected chi connectivity index (χ1v) is 6.06. The Morgan fingerprint density at radius 2 is 2.28 bits per heavy atom. The molecule has 0 aliphatic heterocycles.